The Bertz CT molecular complexity index is 632. The van der Waals surface area contributed by atoms with Crippen LogP contribution in [0.4, 0.5) is 8.78 Å². The van der Waals surface area contributed by atoms with Crippen molar-refractivity contribution in [1.82, 2.24) is 5.32 Å². The van der Waals surface area contributed by atoms with Crippen LogP contribution >= 0.6 is 0 Å². The molecule has 4 nitrogen and oxygen atoms in total. The van der Waals surface area contributed by atoms with Crippen molar-refractivity contribution in [1.29, 1.82) is 0 Å². The predicted octanol–water partition coefficient (Wildman–Crippen LogP) is 3.12. The Morgan fingerprint density at radius 3 is 2.29 bits per heavy atom. The van der Waals surface area contributed by atoms with Crippen molar-refractivity contribution in [2.24, 2.45) is 0 Å². The molecule has 2 aromatic carbocycles. The van der Waals surface area contributed by atoms with Gasteiger partial charge in [-0.3, -0.25) is 4.79 Å². The van der Waals surface area contributed by atoms with Gasteiger partial charge in [0.1, 0.15) is 18.4 Å². The number of aliphatic carboxylic acids is 1. The van der Waals surface area contributed by atoms with E-state index >= 15 is 0 Å². The molecule has 2 rings (SSSR count). The van der Waals surface area contributed by atoms with E-state index in [0.29, 0.717) is 18.7 Å². The van der Waals surface area contributed by atoms with Crippen LogP contribution in [0.25, 0.3) is 0 Å². The number of ether oxygens (including phenoxy) is 1. The quantitative estimate of drug-likeness (QED) is 0.739. The van der Waals surface area contributed by atoms with Crippen LogP contribution in [0.1, 0.15) is 11.1 Å². The van der Waals surface area contributed by atoms with E-state index in [1.165, 1.54) is 0 Å². The number of halogens is 2. The maximum Gasteiger partial charge on any atom is 0.321 e. The molecule has 0 bridgehead atoms. The number of carboxylic acids is 1. The molecular weight excluding hydrogens is 316 g/mol. The van der Waals surface area contributed by atoms with E-state index in [1.807, 2.05) is 30.3 Å². The van der Waals surface area contributed by atoms with Crippen LogP contribution in [0.3, 0.4) is 0 Å². The summed E-state index contributed by atoms with van der Waals surface area (Å²) in [4.78, 5) is 11.4. The second-order valence-corrected chi connectivity index (χ2v) is 5.31. The Balaban J connectivity index is 1.88. The molecular formula is C18H19F2NO3. The van der Waals surface area contributed by atoms with Gasteiger partial charge in [-0.25, -0.2) is 8.78 Å². The summed E-state index contributed by atoms with van der Waals surface area (Å²) in [6, 6.07) is 15.3. The Kier molecular flexibility index (Phi) is 6.69. The van der Waals surface area contributed by atoms with Crippen LogP contribution in [0, 0.1) is 0 Å². The van der Waals surface area contributed by atoms with Crippen LogP contribution in [-0.2, 0) is 17.8 Å². The average molecular weight is 335 g/mol. The van der Waals surface area contributed by atoms with Crippen LogP contribution < -0.4 is 10.1 Å². The first kappa shape index (κ1) is 17.9. The van der Waals surface area contributed by atoms with Gasteiger partial charge < -0.3 is 15.2 Å². The minimum Gasteiger partial charge on any atom is -0.488 e. The molecule has 0 saturated heterocycles. The fourth-order valence-corrected chi connectivity index (χ4v) is 2.20. The van der Waals surface area contributed by atoms with E-state index in [0.717, 1.165) is 11.1 Å². The highest BCUT2D eigenvalue weighted by Crippen LogP contribution is 2.13. The lowest BCUT2D eigenvalue weighted by Gasteiger charge is -2.15. The number of carbonyl (C=O) groups is 1. The molecule has 0 aliphatic rings. The summed E-state index contributed by atoms with van der Waals surface area (Å²) in [6.07, 6.45) is -2.13. The third-order valence-corrected chi connectivity index (χ3v) is 3.43. The zero-order valence-electron chi connectivity index (χ0n) is 13.0. The molecule has 2 aromatic rings. The van der Waals surface area contributed by atoms with Gasteiger partial charge in [-0.05, 0) is 29.7 Å². The van der Waals surface area contributed by atoms with Crippen molar-refractivity contribution in [2.75, 3.05) is 6.61 Å². The smallest absolute Gasteiger partial charge is 0.321 e. The normalized spacial score (nSPS) is 12.1. The zero-order chi connectivity index (χ0) is 17.4. The number of benzene rings is 2. The molecule has 0 aromatic heterocycles. The summed E-state index contributed by atoms with van der Waals surface area (Å²) in [5, 5.41) is 12.3. The highest BCUT2D eigenvalue weighted by molar-refractivity contribution is 5.73. The predicted molar refractivity (Wildman–Crippen MR) is 86.4 cm³/mol. The fraction of sp³-hybridized carbons (Fsp3) is 0.278. The van der Waals surface area contributed by atoms with Crippen LogP contribution in [-0.4, -0.2) is 30.2 Å². The van der Waals surface area contributed by atoms with Crippen molar-refractivity contribution >= 4 is 5.97 Å². The van der Waals surface area contributed by atoms with E-state index in [2.05, 4.69) is 5.32 Å². The molecule has 0 saturated carbocycles. The first-order chi connectivity index (χ1) is 11.5. The van der Waals surface area contributed by atoms with E-state index < -0.39 is 25.0 Å². The van der Waals surface area contributed by atoms with Crippen molar-refractivity contribution in [3.63, 3.8) is 0 Å². The molecule has 0 amide bonds. The van der Waals surface area contributed by atoms with Gasteiger partial charge in [-0.15, -0.1) is 0 Å². The topological polar surface area (TPSA) is 58.6 Å². The van der Waals surface area contributed by atoms with Crippen LogP contribution in [0.5, 0.6) is 5.75 Å². The standard InChI is InChI=1S/C18H19F2NO3/c19-17(20)12-24-15-8-6-14(7-9-15)11-21-16(18(22)23)10-13-4-2-1-3-5-13/h1-9,16-17,21H,10-12H2,(H,22,23)/t16-/m0/s1. The largest absolute Gasteiger partial charge is 0.488 e. The molecule has 6 heteroatoms. The van der Waals surface area contributed by atoms with E-state index in [1.54, 1.807) is 24.3 Å². The highest BCUT2D eigenvalue weighted by atomic mass is 19.3. The summed E-state index contributed by atoms with van der Waals surface area (Å²) in [7, 11) is 0. The molecule has 0 unspecified atom stereocenters. The molecule has 0 spiro atoms. The monoisotopic (exact) mass is 335 g/mol. The number of alkyl halides is 2. The zero-order valence-corrected chi connectivity index (χ0v) is 13.0. The molecule has 0 aliphatic carbocycles. The van der Waals surface area contributed by atoms with Crippen molar-refractivity contribution in [2.45, 2.75) is 25.4 Å². The van der Waals surface area contributed by atoms with E-state index in [4.69, 9.17) is 4.74 Å². The number of carboxylic acid groups (broad SMARTS) is 1. The summed E-state index contributed by atoms with van der Waals surface area (Å²) in [6.45, 7) is -0.283. The highest BCUT2D eigenvalue weighted by Gasteiger charge is 2.17. The lowest BCUT2D eigenvalue weighted by atomic mass is 10.1. The molecule has 24 heavy (non-hydrogen) atoms. The number of hydrogen-bond donors (Lipinski definition) is 2. The van der Waals surface area contributed by atoms with Crippen molar-refractivity contribution < 1.29 is 23.4 Å². The second-order valence-electron chi connectivity index (χ2n) is 5.31. The Hall–Kier alpha value is -2.47. The number of rotatable bonds is 9. The molecule has 0 heterocycles. The third kappa shape index (κ3) is 5.96. The lowest BCUT2D eigenvalue weighted by Crippen LogP contribution is -2.38. The first-order valence-electron chi connectivity index (χ1n) is 7.54. The van der Waals surface area contributed by atoms with Gasteiger partial charge in [-0.2, -0.15) is 0 Å². The molecule has 2 N–H and O–H groups in total. The minimum atomic E-state index is -2.51. The van der Waals surface area contributed by atoms with Gasteiger partial charge in [0.05, 0.1) is 0 Å². The molecule has 0 aliphatic heterocycles. The van der Waals surface area contributed by atoms with Crippen molar-refractivity contribution in [3.8, 4) is 5.75 Å². The maximum atomic E-state index is 12.1. The second kappa shape index (κ2) is 8.98. The molecule has 0 fully saturated rings. The van der Waals surface area contributed by atoms with Crippen LogP contribution in [0.15, 0.2) is 54.6 Å². The molecule has 128 valence electrons. The Morgan fingerprint density at radius 2 is 1.71 bits per heavy atom. The summed E-state index contributed by atoms with van der Waals surface area (Å²) in [5.41, 5.74) is 1.78. The first-order valence-corrected chi connectivity index (χ1v) is 7.54. The average Bonchev–Trinajstić information content (AvgIpc) is 2.58. The third-order valence-electron chi connectivity index (χ3n) is 3.43. The van der Waals surface area contributed by atoms with Crippen molar-refractivity contribution in [3.05, 3.63) is 65.7 Å². The van der Waals surface area contributed by atoms with Gasteiger partial charge in [0.2, 0.25) is 0 Å². The van der Waals surface area contributed by atoms with Gasteiger partial charge >= 0.3 is 5.97 Å². The fourth-order valence-electron chi connectivity index (χ4n) is 2.20. The van der Waals surface area contributed by atoms with E-state index in [-0.39, 0.29) is 0 Å². The van der Waals surface area contributed by atoms with Gasteiger partial charge in [0.15, 0.2) is 0 Å². The Morgan fingerprint density at radius 1 is 1.04 bits per heavy atom. The van der Waals surface area contributed by atoms with Gasteiger partial charge in [-0.1, -0.05) is 42.5 Å². The lowest BCUT2D eigenvalue weighted by molar-refractivity contribution is -0.139. The number of nitrogens with one attached hydrogen (secondary N) is 1. The summed E-state index contributed by atoms with van der Waals surface area (Å²) in [5.74, 6) is -0.561. The van der Waals surface area contributed by atoms with Gasteiger partial charge in [0.25, 0.3) is 6.43 Å². The molecule has 0 radical (unpaired) electrons. The maximum absolute atomic E-state index is 12.1. The number of hydrogen-bond acceptors (Lipinski definition) is 3. The summed E-state index contributed by atoms with van der Waals surface area (Å²) >= 11 is 0. The summed E-state index contributed by atoms with van der Waals surface area (Å²) < 4.78 is 29.0. The SMILES string of the molecule is O=C(O)[C@H](Cc1ccccc1)NCc1ccc(OCC(F)F)cc1. The van der Waals surface area contributed by atoms with Gasteiger partial charge in [0, 0.05) is 6.54 Å². The Labute approximate surface area is 139 Å². The molecule has 1 atom stereocenters. The van der Waals surface area contributed by atoms with Crippen LogP contribution in [0.2, 0.25) is 0 Å². The van der Waals surface area contributed by atoms with E-state index in [9.17, 15) is 18.7 Å². The minimum absolute atomic E-state index is 0.359.